The van der Waals surface area contributed by atoms with Crippen LogP contribution < -0.4 is 4.72 Å². The molecule has 1 aromatic carbocycles. The third-order valence-electron chi connectivity index (χ3n) is 3.45. The maximum Gasteiger partial charge on any atom is 0.321 e. The maximum atomic E-state index is 12.2. The molecule has 5 nitrogen and oxygen atoms in total. The standard InChI is InChI=1S/C15H23NO4S/c1-4-5-9-14(15(17)18)16-21(19,20)10-13-11(2)7-6-8-12(13)3/h6-8,14,16H,4-5,9-10H2,1-3H3,(H,17,18)/t14-/m0/s1. The van der Waals surface area contributed by atoms with Crippen molar-refractivity contribution < 1.29 is 18.3 Å². The summed E-state index contributed by atoms with van der Waals surface area (Å²) in [7, 11) is -3.69. The first kappa shape index (κ1) is 17.7. The summed E-state index contributed by atoms with van der Waals surface area (Å²) in [4.78, 5) is 11.1. The van der Waals surface area contributed by atoms with Crippen molar-refractivity contribution in [1.82, 2.24) is 4.72 Å². The number of carboxylic acid groups (broad SMARTS) is 1. The van der Waals surface area contributed by atoms with Crippen molar-refractivity contribution in [3.8, 4) is 0 Å². The van der Waals surface area contributed by atoms with Crippen molar-refractivity contribution in [2.45, 2.75) is 51.8 Å². The highest BCUT2D eigenvalue weighted by Crippen LogP contribution is 2.16. The molecule has 0 aliphatic heterocycles. The van der Waals surface area contributed by atoms with Crippen LogP contribution in [0.1, 0.15) is 42.9 Å². The minimum atomic E-state index is -3.69. The molecule has 118 valence electrons. The molecule has 0 fully saturated rings. The van der Waals surface area contributed by atoms with Crippen LogP contribution in [0, 0.1) is 13.8 Å². The van der Waals surface area contributed by atoms with Crippen molar-refractivity contribution in [1.29, 1.82) is 0 Å². The molecule has 0 radical (unpaired) electrons. The fraction of sp³-hybridized carbons (Fsp3) is 0.533. The maximum absolute atomic E-state index is 12.2. The minimum Gasteiger partial charge on any atom is -0.480 e. The lowest BCUT2D eigenvalue weighted by atomic mass is 10.1. The van der Waals surface area contributed by atoms with E-state index in [1.165, 1.54) is 0 Å². The quantitative estimate of drug-likeness (QED) is 0.772. The summed E-state index contributed by atoms with van der Waals surface area (Å²) >= 11 is 0. The molecule has 0 spiro atoms. The number of hydrogen-bond donors (Lipinski definition) is 2. The van der Waals surface area contributed by atoms with Crippen LogP contribution in [-0.4, -0.2) is 25.5 Å². The van der Waals surface area contributed by atoms with E-state index in [4.69, 9.17) is 5.11 Å². The highest BCUT2D eigenvalue weighted by atomic mass is 32.2. The average molecular weight is 313 g/mol. The van der Waals surface area contributed by atoms with Crippen LogP contribution in [0.5, 0.6) is 0 Å². The Hall–Kier alpha value is -1.40. The average Bonchev–Trinajstić information content (AvgIpc) is 2.39. The zero-order valence-corrected chi connectivity index (χ0v) is 13.5. The summed E-state index contributed by atoms with van der Waals surface area (Å²) in [6, 6.07) is 4.52. The third-order valence-corrected chi connectivity index (χ3v) is 4.76. The van der Waals surface area contributed by atoms with Crippen LogP contribution in [0.3, 0.4) is 0 Å². The largest absolute Gasteiger partial charge is 0.480 e. The van der Waals surface area contributed by atoms with Gasteiger partial charge in [0.15, 0.2) is 0 Å². The van der Waals surface area contributed by atoms with Gasteiger partial charge in [-0.25, -0.2) is 13.1 Å². The second kappa shape index (κ2) is 7.56. The van der Waals surface area contributed by atoms with E-state index in [0.717, 1.165) is 23.1 Å². The molecule has 0 saturated heterocycles. The van der Waals surface area contributed by atoms with Crippen molar-refractivity contribution in [2.75, 3.05) is 0 Å². The number of nitrogens with one attached hydrogen (secondary N) is 1. The summed E-state index contributed by atoms with van der Waals surface area (Å²) in [5.74, 6) is -1.32. The van der Waals surface area contributed by atoms with E-state index in [1.807, 2.05) is 39.0 Å². The molecule has 0 aliphatic rings. The molecule has 0 bridgehead atoms. The number of aryl methyl sites for hydroxylation is 2. The highest BCUT2D eigenvalue weighted by Gasteiger charge is 2.24. The Labute approximate surface area is 126 Å². The van der Waals surface area contributed by atoms with Crippen molar-refractivity contribution in [2.24, 2.45) is 0 Å². The Morgan fingerprint density at radius 3 is 2.33 bits per heavy atom. The summed E-state index contributed by atoms with van der Waals surface area (Å²) in [6.07, 6.45) is 1.79. The van der Waals surface area contributed by atoms with Gasteiger partial charge in [0.1, 0.15) is 6.04 Å². The number of sulfonamides is 1. The van der Waals surface area contributed by atoms with Gasteiger partial charge in [0.25, 0.3) is 0 Å². The monoisotopic (exact) mass is 313 g/mol. The Morgan fingerprint density at radius 2 is 1.86 bits per heavy atom. The van der Waals surface area contributed by atoms with Gasteiger partial charge in [0, 0.05) is 0 Å². The van der Waals surface area contributed by atoms with E-state index in [9.17, 15) is 13.2 Å². The van der Waals surface area contributed by atoms with Crippen molar-refractivity contribution in [3.05, 3.63) is 34.9 Å². The van der Waals surface area contributed by atoms with E-state index in [1.54, 1.807) is 0 Å². The number of carboxylic acids is 1. The topological polar surface area (TPSA) is 83.5 Å². The van der Waals surface area contributed by atoms with Gasteiger partial charge < -0.3 is 5.11 Å². The molecule has 1 atom stereocenters. The molecule has 0 saturated carbocycles. The first-order valence-electron chi connectivity index (χ1n) is 7.04. The number of aliphatic carboxylic acids is 1. The van der Waals surface area contributed by atoms with Crippen LogP contribution in [0.15, 0.2) is 18.2 Å². The summed E-state index contributed by atoms with van der Waals surface area (Å²) in [6.45, 7) is 5.64. The zero-order valence-electron chi connectivity index (χ0n) is 12.7. The molecule has 0 aliphatic carbocycles. The number of benzene rings is 1. The second-order valence-electron chi connectivity index (χ2n) is 5.28. The number of carbonyl (C=O) groups is 1. The first-order chi connectivity index (χ1) is 9.76. The van der Waals surface area contributed by atoms with Gasteiger partial charge in [0.2, 0.25) is 10.0 Å². The Bertz CT molecular complexity index is 575. The predicted octanol–water partition coefficient (Wildman–Crippen LogP) is 2.37. The number of rotatable bonds is 8. The molecule has 0 unspecified atom stereocenters. The van der Waals surface area contributed by atoms with E-state index >= 15 is 0 Å². The summed E-state index contributed by atoms with van der Waals surface area (Å²) in [5.41, 5.74) is 2.51. The van der Waals surface area contributed by atoms with Crippen LogP contribution in [0.2, 0.25) is 0 Å². The zero-order chi connectivity index (χ0) is 16.0. The van der Waals surface area contributed by atoms with Gasteiger partial charge in [-0.05, 0) is 37.0 Å². The van der Waals surface area contributed by atoms with E-state index < -0.39 is 22.0 Å². The number of hydrogen-bond acceptors (Lipinski definition) is 3. The van der Waals surface area contributed by atoms with E-state index in [2.05, 4.69) is 4.72 Å². The first-order valence-corrected chi connectivity index (χ1v) is 8.70. The molecule has 1 aromatic rings. The van der Waals surface area contributed by atoms with Crippen LogP contribution >= 0.6 is 0 Å². The van der Waals surface area contributed by atoms with Gasteiger partial charge in [-0.2, -0.15) is 0 Å². The fourth-order valence-corrected chi connectivity index (χ4v) is 3.74. The second-order valence-corrected chi connectivity index (χ2v) is 7.03. The van der Waals surface area contributed by atoms with Crippen molar-refractivity contribution >= 4 is 16.0 Å². The lowest BCUT2D eigenvalue weighted by Gasteiger charge is -2.16. The van der Waals surface area contributed by atoms with Gasteiger partial charge in [-0.3, -0.25) is 4.79 Å². The smallest absolute Gasteiger partial charge is 0.321 e. The molecule has 1 rings (SSSR count). The lowest BCUT2D eigenvalue weighted by molar-refractivity contribution is -0.139. The Kier molecular flexibility index (Phi) is 6.36. The molecule has 21 heavy (non-hydrogen) atoms. The summed E-state index contributed by atoms with van der Waals surface area (Å²) < 4.78 is 26.7. The van der Waals surface area contributed by atoms with Gasteiger partial charge >= 0.3 is 5.97 Å². The lowest BCUT2D eigenvalue weighted by Crippen LogP contribution is -2.41. The fourth-order valence-electron chi connectivity index (χ4n) is 2.17. The van der Waals surface area contributed by atoms with Gasteiger partial charge in [0.05, 0.1) is 5.75 Å². The molecule has 0 amide bonds. The van der Waals surface area contributed by atoms with Crippen molar-refractivity contribution in [3.63, 3.8) is 0 Å². The molecule has 0 aromatic heterocycles. The van der Waals surface area contributed by atoms with Gasteiger partial charge in [-0.1, -0.05) is 38.0 Å². The molecule has 0 heterocycles. The highest BCUT2D eigenvalue weighted by molar-refractivity contribution is 7.88. The molecule has 6 heteroatoms. The molecular weight excluding hydrogens is 290 g/mol. The molecule has 2 N–H and O–H groups in total. The van der Waals surface area contributed by atoms with E-state index in [0.29, 0.717) is 12.8 Å². The van der Waals surface area contributed by atoms with Crippen LogP contribution in [0.4, 0.5) is 0 Å². The minimum absolute atomic E-state index is 0.193. The number of unbranched alkanes of at least 4 members (excludes halogenated alkanes) is 1. The van der Waals surface area contributed by atoms with Gasteiger partial charge in [-0.15, -0.1) is 0 Å². The Balaban J connectivity index is 2.88. The SMILES string of the molecule is CCCC[C@H](NS(=O)(=O)Cc1c(C)cccc1C)C(=O)O. The normalized spacial score (nSPS) is 13.1. The van der Waals surface area contributed by atoms with E-state index in [-0.39, 0.29) is 5.75 Å². The molecular formula is C15H23NO4S. The summed E-state index contributed by atoms with van der Waals surface area (Å²) in [5, 5.41) is 9.11. The van der Waals surface area contributed by atoms with Crippen LogP contribution in [-0.2, 0) is 20.6 Å². The van der Waals surface area contributed by atoms with Crippen LogP contribution in [0.25, 0.3) is 0 Å². The third kappa shape index (κ3) is 5.47. The Morgan fingerprint density at radius 1 is 1.29 bits per heavy atom. The predicted molar refractivity (Wildman–Crippen MR) is 82.6 cm³/mol.